The summed E-state index contributed by atoms with van der Waals surface area (Å²) in [6, 6.07) is 125. The first kappa shape index (κ1) is 79.1. The molecular weight excluding hydrogens is 1550 g/mol. The van der Waals surface area contributed by atoms with Crippen molar-refractivity contribution in [2.24, 2.45) is 0 Å². The summed E-state index contributed by atoms with van der Waals surface area (Å²) in [7, 11) is 0. The smallest absolute Gasteiger partial charge is 0.0465 e. The molecule has 0 atom stereocenters. The van der Waals surface area contributed by atoms with E-state index in [-0.39, 0.29) is 0 Å². The van der Waals surface area contributed by atoms with Gasteiger partial charge in [-0.2, -0.15) is 0 Å². The van der Waals surface area contributed by atoms with Gasteiger partial charge in [0.15, 0.2) is 0 Å². The van der Waals surface area contributed by atoms with Gasteiger partial charge in [0.25, 0.3) is 0 Å². The topological polar surface area (TPSA) is 28.2 Å². The van der Waals surface area contributed by atoms with Crippen molar-refractivity contribution in [3.05, 3.63) is 432 Å². The molecule has 0 aromatic heterocycles. The molecule has 15 rings (SSSR count). The van der Waals surface area contributed by atoms with Crippen LogP contribution < -0.4 is 29.8 Å². The van der Waals surface area contributed by atoms with Gasteiger partial charge < -0.3 is 29.8 Å². The Morgan fingerprint density at radius 2 is 0.360 bits per heavy atom. The second-order valence-electron chi connectivity index (χ2n) is 28.6. The third kappa shape index (κ3) is 21.1. The third-order valence-corrected chi connectivity index (χ3v) is 21.5. The van der Waals surface area contributed by atoms with Crippen molar-refractivity contribution < 1.29 is 0 Å². The highest BCUT2D eigenvalue weighted by molar-refractivity contribution is 9.11. The Bertz CT molecular complexity index is 5190. The highest BCUT2D eigenvalue weighted by Gasteiger charge is 2.20. The van der Waals surface area contributed by atoms with Crippen LogP contribution in [0.5, 0.6) is 0 Å². The Labute approximate surface area is 684 Å². The van der Waals surface area contributed by atoms with E-state index >= 15 is 0 Å². The normalized spacial score (nSPS) is 10.7. The Hall–Kier alpha value is -11.5. The highest BCUT2D eigenvalue weighted by atomic mass is 79.9. The number of aryl methyl sites for hydroxylation is 12. The predicted molar refractivity (Wildman–Crippen MR) is 489 cm³/mol. The molecule has 0 heterocycles. The summed E-state index contributed by atoms with van der Waals surface area (Å²) >= 11 is 10.8. The first-order valence-electron chi connectivity index (χ1n) is 37.6. The van der Waals surface area contributed by atoms with Gasteiger partial charge in [-0.15, -0.1) is 0 Å². The largest absolute Gasteiger partial charge is 0.356 e. The molecule has 0 unspecified atom stereocenters. The molecule has 111 heavy (non-hydrogen) atoms. The number of nitrogens with one attached hydrogen (secondary N) is 1. The minimum Gasteiger partial charge on any atom is -0.356 e. The first-order valence-corrected chi connectivity index (χ1v) is 40.0. The molecule has 1 N–H and O–H groups in total. The van der Waals surface area contributed by atoms with Gasteiger partial charge in [-0.05, 0) is 347 Å². The molecule has 554 valence electrons. The molecule has 15 aromatic carbocycles. The maximum Gasteiger partial charge on any atom is 0.0465 e. The fourth-order valence-electron chi connectivity index (χ4n) is 13.2. The molecule has 0 aliphatic carbocycles. The van der Waals surface area contributed by atoms with Crippen molar-refractivity contribution in [3.63, 3.8) is 0 Å². The lowest BCUT2D eigenvalue weighted by atomic mass is 10.1. The van der Waals surface area contributed by atoms with Gasteiger partial charge in [-0.3, -0.25) is 0 Å². The fourth-order valence-corrected chi connectivity index (χ4v) is 13.9. The lowest BCUT2D eigenvalue weighted by Crippen LogP contribution is -2.12. The van der Waals surface area contributed by atoms with Gasteiger partial charge in [-0.1, -0.05) is 202 Å². The average molecular weight is 1640 g/mol. The minimum absolute atomic E-state index is 1.09. The fraction of sp³-hybridized carbons (Fsp3) is 0.118. The lowest BCUT2D eigenvalue weighted by molar-refractivity contribution is 1.23. The van der Waals surface area contributed by atoms with Crippen molar-refractivity contribution >= 4 is 144 Å². The number of hydrogen-bond donors (Lipinski definition) is 1. The van der Waals surface area contributed by atoms with Gasteiger partial charge in [0.2, 0.25) is 0 Å². The van der Waals surface area contributed by atoms with Crippen LogP contribution in [0.2, 0.25) is 0 Å². The van der Waals surface area contributed by atoms with Crippen LogP contribution in [0, 0.1) is 83.1 Å². The number of benzene rings is 15. The quantitative estimate of drug-likeness (QED) is 0.0977. The molecular formula is C102H95Br3N6. The molecule has 15 aromatic rings. The Balaban J connectivity index is 0.000000145. The summed E-state index contributed by atoms with van der Waals surface area (Å²) in [5, 5.41) is 3.39. The predicted octanol–water partition coefficient (Wildman–Crippen LogP) is 31.8. The average Bonchev–Trinajstić information content (AvgIpc) is 0.812. The van der Waals surface area contributed by atoms with E-state index in [1.54, 1.807) is 0 Å². The number of anilines is 17. The second kappa shape index (κ2) is 37.3. The highest BCUT2D eigenvalue weighted by Crippen LogP contribution is 2.44. The van der Waals surface area contributed by atoms with Gasteiger partial charge in [-0.25, -0.2) is 0 Å². The van der Waals surface area contributed by atoms with Crippen LogP contribution in [0.25, 0.3) is 0 Å². The summed E-state index contributed by atoms with van der Waals surface area (Å²) in [4.78, 5) is 11.5. The van der Waals surface area contributed by atoms with Gasteiger partial charge >= 0.3 is 0 Å². The monoisotopic (exact) mass is 1640 g/mol. The molecule has 0 aliphatic rings. The number of nitrogens with zero attached hydrogens (tertiary/aromatic N) is 5. The molecule has 6 nitrogen and oxygen atoms in total. The molecule has 0 saturated heterocycles. The van der Waals surface area contributed by atoms with Gasteiger partial charge in [0, 0.05) is 110 Å². The molecule has 0 bridgehead atoms. The molecule has 0 amide bonds. The maximum atomic E-state index is 3.66. The van der Waals surface area contributed by atoms with Crippen LogP contribution in [0.3, 0.4) is 0 Å². The maximum absolute atomic E-state index is 3.66. The molecule has 0 saturated carbocycles. The molecule has 0 aliphatic heterocycles. The van der Waals surface area contributed by atoms with E-state index in [0.29, 0.717) is 0 Å². The number of rotatable bonds is 17. The summed E-state index contributed by atoms with van der Waals surface area (Å²) in [5.41, 5.74) is 34.3. The van der Waals surface area contributed by atoms with Crippen molar-refractivity contribution in [2.45, 2.75) is 83.1 Å². The zero-order valence-corrected chi connectivity index (χ0v) is 70.1. The van der Waals surface area contributed by atoms with Crippen LogP contribution in [0.1, 0.15) is 66.8 Å². The molecule has 0 spiro atoms. The van der Waals surface area contributed by atoms with E-state index in [2.05, 4.69) is 513 Å². The van der Waals surface area contributed by atoms with Crippen LogP contribution in [-0.4, -0.2) is 0 Å². The molecule has 0 fully saturated rings. The van der Waals surface area contributed by atoms with Crippen molar-refractivity contribution in [3.8, 4) is 0 Å². The van der Waals surface area contributed by atoms with E-state index in [1.807, 2.05) is 0 Å². The summed E-state index contributed by atoms with van der Waals surface area (Å²) < 4.78 is 3.30. The van der Waals surface area contributed by atoms with Crippen molar-refractivity contribution in [1.82, 2.24) is 0 Å². The second-order valence-corrected chi connectivity index (χ2v) is 31.2. The van der Waals surface area contributed by atoms with Crippen LogP contribution >= 0.6 is 47.8 Å². The van der Waals surface area contributed by atoms with Gasteiger partial charge in [0.05, 0.1) is 0 Å². The van der Waals surface area contributed by atoms with Crippen molar-refractivity contribution in [1.29, 1.82) is 0 Å². The van der Waals surface area contributed by atoms with Crippen molar-refractivity contribution in [2.75, 3.05) is 29.8 Å². The Morgan fingerprint density at radius 3 is 0.586 bits per heavy atom. The summed E-state index contributed by atoms with van der Waals surface area (Å²) in [6.45, 7) is 25.5. The SMILES string of the molecule is Cc1ccc(N(c2ccc(C)cc2)c2ccc(Br)cc2)cc1.Cc1ccc(N(c2ccc(C)cc2)c2ccc(N(c3ccc(Br)c(C)c3)c3ccc(Br)c(C)c3)cc2)cc1.Cc1ccc(N(c2ccc(C)cc2)c2ccc(N(c3cccc(C)c3)c3cccc(C)c3)cc2)cc1.Cc1cccc(Nc2cccc(C)c2)c1. The summed E-state index contributed by atoms with van der Waals surface area (Å²) in [5.74, 6) is 0. The van der Waals surface area contributed by atoms with E-state index in [0.717, 1.165) is 110 Å². The Morgan fingerprint density at radius 1 is 0.171 bits per heavy atom. The Kier molecular flexibility index (Phi) is 26.6. The number of hydrogen-bond acceptors (Lipinski definition) is 6. The minimum atomic E-state index is 1.09. The van der Waals surface area contributed by atoms with E-state index in [9.17, 15) is 0 Å². The van der Waals surface area contributed by atoms with Crippen LogP contribution in [0.15, 0.2) is 365 Å². The van der Waals surface area contributed by atoms with E-state index in [1.165, 1.54) is 66.8 Å². The van der Waals surface area contributed by atoms with Crippen LogP contribution in [-0.2, 0) is 0 Å². The summed E-state index contributed by atoms with van der Waals surface area (Å²) in [6.07, 6.45) is 0. The lowest BCUT2D eigenvalue weighted by Gasteiger charge is -2.29. The van der Waals surface area contributed by atoms with E-state index in [4.69, 9.17) is 0 Å². The zero-order valence-electron chi connectivity index (χ0n) is 65.4. The van der Waals surface area contributed by atoms with E-state index < -0.39 is 0 Å². The molecule has 0 radical (unpaired) electrons. The third-order valence-electron chi connectivity index (χ3n) is 19.2. The number of halogens is 3. The van der Waals surface area contributed by atoms with Gasteiger partial charge in [0.1, 0.15) is 0 Å². The standard InChI is InChI=1S/C34H30Br2N2.C34H32N2.C20H18BrN.C14H15N/c1-23-5-9-27(10-6-23)37(28-11-7-24(2)8-12-28)29-13-15-30(16-14-29)38(31-17-19-33(35)25(3)21-31)32-18-20-34(36)26(4)22-32;1-25-11-15-29(16-12-25)35(30-17-13-26(2)14-18-30)31-19-21-32(22-20-31)36(33-9-5-7-27(3)23-33)34-10-6-8-28(4)24-34;1-15-3-9-18(10-4-15)22(19-11-5-16(2)6-12-19)20-13-7-17(21)8-14-20;1-11-5-3-7-13(9-11)15-14-8-4-6-12(2)10-14/h5-22H,1-4H3;5-24H,1-4H3;3-14H,1-2H3;3-10,15H,1-2H3. The van der Waals surface area contributed by atoms with Crippen LogP contribution in [0.4, 0.5) is 96.7 Å². The first-order chi connectivity index (χ1) is 53.6. The zero-order chi connectivity index (χ0) is 78.1. The molecule has 9 heteroatoms.